The van der Waals surface area contributed by atoms with E-state index in [2.05, 4.69) is 0 Å². The molecule has 5 rings (SSSR count). The van der Waals surface area contributed by atoms with Crippen LogP contribution < -0.4 is 0 Å². The lowest BCUT2D eigenvalue weighted by Gasteiger charge is -2.26. The van der Waals surface area contributed by atoms with Crippen LogP contribution in [0.2, 0.25) is 0 Å². The van der Waals surface area contributed by atoms with E-state index < -0.39 is 0 Å². The van der Waals surface area contributed by atoms with Crippen molar-refractivity contribution < 1.29 is 0 Å². The van der Waals surface area contributed by atoms with E-state index in [1.54, 1.807) is 25.7 Å². The molecule has 0 aliphatic heterocycles. The molecule has 0 aromatic heterocycles. The Morgan fingerprint density at radius 1 is 0.500 bits per heavy atom. The van der Waals surface area contributed by atoms with E-state index in [9.17, 15) is 0 Å². The maximum absolute atomic E-state index is 1.67. The average molecular weight is 160 g/mol. The van der Waals surface area contributed by atoms with Gasteiger partial charge in [0.15, 0.2) is 0 Å². The minimum absolute atomic E-state index is 1.24. The fourth-order valence-electron chi connectivity index (χ4n) is 5.75. The Balaban J connectivity index is 1.66. The van der Waals surface area contributed by atoms with Gasteiger partial charge in [-0.2, -0.15) is 0 Å². The van der Waals surface area contributed by atoms with Crippen LogP contribution in [0.25, 0.3) is 0 Å². The summed E-state index contributed by atoms with van der Waals surface area (Å²) in [7, 11) is 0. The summed E-state index contributed by atoms with van der Waals surface area (Å²) in [6.45, 7) is 0. The zero-order valence-electron chi connectivity index (χ0n) is 7.45. The van der Waals surface area contributed by atoms with Gasteiger partial charge in [0.2, 0.25) is 0 Å². The summed E-state index contributed by atoms with van der Waals surface area (Å²) >= 11 is 0. The van der Waals surface area contributed by atoms with Gasteiger partial charge >= 0.3 is 0 Å². The zero-order chi connectivity index (χ0) is 7.45. The van der Waals surface area contributed by atoms with E-state index in [4.69, 9.17) is 0 Å². The summed E-state index contributed by atoms with van der Waals surface area (Å²) in [5.41, 5.74) is 0. The highest BCUT2D eigenvalue weighted by molar-refractivity contribution is 5.19. The van der Waals surface area contributed by atoms with Gasteiger partial charge in [-0.3, -0.25) is 0 Å². The molecule has 64 valence electrons. The fraction of sp³-hybridized carbons (Fsp3) is 1.00. The molecule has 0 radical (unpaired) electrons. The molecular formula is C12H16. The van der Waals surface area contributed by atoms with E-state index in [1.165, 1.54) is 47.3 Å². The Morgan fingerprint density at radius 3 is 2.00 bits per heavy atom. The molecule has 0 aromatic carbocycles. The second-order valence-corrected chi connectivity index (χ2v) is 6.26. The van der Waals surface area contributed by atoms with Crippen LogP contribution in [0.5, 0.6) is 0 Å². The van der Waals surface area contributed by atoms with E-state index in [0.717, 1.165) is 0 Å². The summed E-state index contributed by atoms with van der Waals surface area (Å²) in [6, 6.07) is 0. The first-order valence-electron chi connectivity index (χ1n) is 5.93. The lowest BCUT2D eigenvalue weighted by atomic mass is 9.79. The maximum atomic E-state index is 1.67. The van der Waals surface area contributed by atoms with Crippen molar-refractivity contribution in [2.75, 3.05) is 0 Å². The highest BCUT2D eigenvalue weighted by Crippen LogP contribution is 2.78. The monoisotopic (exact) mass is 160 g/mol. The van der Waals surface area contributed by atoms with Gasteiger partial charge in [-0.1, -0.05) is 0 Å². The Morgan fingerprint density at radius 2 is 1.08 bits per heavy atom. The van der Waals surface area contributed by atoms with Crippen molar-refractivity contribution in [3.63, 3.8) is 0 Å². The highest BCUT2D eigenvalue weighted by atomic mass is 14.8. The fourth-order valence-corrected chi connectivity index (χ4v) is 5.75. The molecule has 0 heterocycles. The van der Waals surface area contributed by atoms with E-state index in [1.807, 2.05) is 0 Å². The van der Waals surface area contributed by atoms with Crippen molar-refractivity contribution in [2.45, 2.75) is 25.7 Å². The quantitative estimate of drug-likeness (QED) is 0.511. The number of hydrogen-bond donors (Lipinski definition) is 0. The van der Waals surface area contributed by atoms with Crippen LogP contribution >= 0.6 is 0 Å². The number of hydrogen-bond acceptors (Lipinski definition) is 0. The molecule has 5 aliphatic rings. The molecule has 0 N–H and O–H groups in total. The Kier molecular flexibility index (Phi) is 0.663. The molecular weight excluding hydrogens is 144 g/mol. The lowest BCUT2D eigenvalue weighted by Crippen LogP contribution is -2.21. The van der Waals surface area contributed by atoms with Crippen LogP contribution in [0.4, 0.5) is 0 Å². The van der Waals surface area contributed by atoms with Gasteiger partial charge in [0.1, 0.15) is 0 Å². The Bertz CT molecular complexity index is 265. The van der Waals surface area contributed by atoms with Crippen molar-refractivity contribution in [1.29, 1.82) is 0 Å². The summed E-state index contributed by atoms with van der Waals surface area (Å²) in [6.07, 6.45) is 6.63. The minimum Gasteiger partial charge on any atom is -0.0468 e. The second-order valence-electron chi connectivity index (χ2n) is 6.26. The van der Waals surface area contributed by atoms with Crippen LogP contribution in [0.15, 0.2) is 0 Å². The molecule has 5 aliphatic carbocycles. The van der Waals surface area contributed by atoms with Gasteiger partial charge in [-0.15, -0.1) is 0 Å². The van der Waals surface area contributed by atoms with Crippen molar-refractivity contribution in [3.05, 3.63) is 0 Å². The summed E-state index contributed by atoms with van der Waals surface area (Å²) in [5, 5.41) is 0. The van der Waals surface area contributed by atoms with Gasteiger partial charge in [-0.05, 0) is 73.0 Å². The zero-order valence-corrected chi connectivity index (χ0v) is 7.45. The average Bonchev–Trinajstić information content (AvgIpc) is 2.92. The molecule has 0 saturated heterocycles. The first-order chi connectivity index (χ1) is 5.93. The molecule has 2 bridgehead atoms. The molecule has 0 unspecified atom stereocenters. The Hall–Kier alpha value is 0. The van der Waals surface area contributed by atoms with Crippen LogP contribution in [-0.2, 0) is 0 Å². The van der Waals surface area contributed by atoms with E-state index >= 15 is 0 Å². The highest BCUT2D eigenvalue weighted by Gasteiger charge is 2.71. The van der Waals surface area contributed by atoms with E-state index in [-0.39, 0.29) is 0 Å². The van der Waals surface area contributed by atoms with Crippen molar-refractivity contribution >= 4 is 0 Å². The van der Waals surface area contributed by atoms with Crippen LogP contribution in [0.1, 0.15) is 25.7 Å². The Labute approximate surface area is 73.7 Å². The largest absolute Gasteiger partial charge is 0.0468 e. The van der Waals surface area contributed by atoms with Crippen molar-refractivity contribution in [1.82, 2.24) is 0 Å². The molecule has 8 atom stereocenters. The summed E-state index contributed by atoms with van der Waals surface area (Å²) < 4.78 is 0. The third kappa shape index (κ3) is 0.418. The molecule has 0 aromatic rings. The van der Waals surface area contributed by atoms with Crippen LogP contribution in [0, 0.1) is 47.3 Å². The van der Waals surface area contributed by atoms with Gasteiger partial charge < -0.3 is 0 Å². The smallest absolute Gasteiger partial charge is 0.0321 e. The first kappa shape index (κ1) is 5.67. The van der Waals surface area contributed by atoms with Gasteiger partial charge in [0.05, 0.1) is 0 Å². The molecule has 0 amide bonds. The molecule has 5 fully saturated rings. The van der Waals surface area contributed by atoms with Gasteiger partial charge in [0, 0.05) is 0 Å². The SMILES string of the molecule is C1[C@H]2[C@@H]1[C@H]1C[C@@H]2[C@H]2C[C@@H]3C[C@@H]3[C@@H]12. The molecule has 0 heteroatoms. The third-order valence-corrected chi connectivity index (χ3v) is 6.12. The van der Waals surface area contributed by atoms with E-state index in [0.29, 0.717) is 0 Å². The second kappa shape index (κ2) is 1.40. The molecule has 5 saturated carbocycles. The van der Waals surface area contributed by atoms with Crippen LogP contribution in [0.3, 0.4) is 0 Å². The predicted molar refractivity (Wildman–Crippen MR) is 46.4 cm³/mol. The molecule has 12 heavy (non-hydrogen) atoms. The lowest BCUT2D eigenvalue weighted by molar-refractivity contribution is 0.214. The third-order valence-electron chi connectivity index (χ3n) is 6.12. The van der Waals surface area contributed by atoms with Crippen molar-refractivity contribution in [3.8, 4) is 0 Å². The summed E-state index contributed by atoms with van der Waals surface area (Å²) in [4.78, 5) is 0. The standard InChI is InChI=1S/C12H16/c1-5-2-10-9-4-11(8-3-7(8)9)12(10)6(1)5/h5-12H,1-4H2/t5-,6-,7-,8+,9-,10+,11+,12+/m0/s1. The number of fused-ring (bicyclic) bond motifs is 10. The summed E-state index contributed by atoms with van der Waals surface area (Å²) in [5.74, 6) is 10.0. The van der Waals surface area contributed by atoms with Gasteiger partial charge in [0.25, 0.3) is 0 Å². The topological polar surface area (TPSA) is 0 Å². The molecule has 0 spiro atoms. The molecule has 0 nitrogen and oxygen atoms in total. The minimum atomic E-state index is 1.24. The van der Waals surface area contributed by atoms with Gasteiger partial charge in [-0.25, -0.2) is 0 Å². The van der Waals surface area contributed by atoms with Crippen molar-refractivity contribution in [2.24, 2.45) is 47.3 Å². The predicted octanol–water partition coefficient (Wildman–Crippen LogP) is 2.54. The maximum Gasteiger partial charge on any atom is -0.0321 e. The normalized spacial score (nSPS) is 80.0. The first-order valence-corrected chi connectivity index (χ1v) is 5.93. The number of rotatable bonds is 0. The van der Waals surface area contributed by atoms with Crippen LogP contribution in [-0.4, -0.2) is 0 Å².